The molecule has 8 nitrogen and oxygen atoms in total. The molecule has 1 saturated heterocycles. The highest BCUT2D eigenvalue weighted by molar-refractivity contribution is 6.35. The van der Waals surface area contributed by atoms with Gasteiger partial charge < -0.3 is 24.6 Å². The molecule has 0 radical (unpaired) electrons. The Morgan fingerprint density at radius 3 is 2.51 bits per heavy atom. The van der Waals surface area contributed by atoms with E-state index in [1.165, 1.54) is 0 Å². The number of likely N-dealkylation sites (N-methyl/N-ethyl adjacent to an activating group) is 1. The molecule has 2 aromatic rings. The van der Waals surface area contributed by atoms with Gasteiger partial charge in [0.25, 0.3) is 0 Å². The van der Waals surface area contributed by atoms with Gasteiger partial charge in [-0.15, -0.1) is 0 Å². The summed E-state index contributed by atoms with van der Waals surface area (Å²) in [5.41, 5.74) is 1.68. The van der Waals surface area contributed by atoms with Crippen molar-refractivity contribution in [2.45, 2.75) is 82.4 Å². The second kappa shape index (κ2) is 15.1. The molecular weight excluding hydrogens is 563 g/mol. The molecule has 224 valence electrons. The van der Waals surface area contributed by atoms with Crippen LogP contribution in [0.5, 0.6) is 5.75 Å². The van der Waals surface area contributed by atoms with Crippen LogP contribution >= 0.6 is 23.2 Å². The van der Waals surface area contributed by atoms with Crippen molar-refractivity contribution in [3.05, 3.63) is 57.8 Å². The van der Waals surface area contributed by atoms with Gasteiger partial charge in [0.1, 0.15) is 24.5 Å². The summed E-state index contributed by atoms with van der Waals surface area (Å²) in [4.78, 5) is 35.2. The first-order valence-electron chi connectivity index (χ1n) is 14.7. The molecule has 1 N–H and O–H groups in total. The first kappa shape index (κ1) is 31.4. The van der Waals surface area contributed by atoms with Crippen molar-refractivity contribution in [3.8, 4) is 5.75 Å². The van der Waals surface area contributed by atoms with Crippen molar-refractivity contribution in [1.29, 1.82) is 0 Å². The first-order chi connectivity index (χ1) is 19.7. The molecule has 2 heterocycles. The molecule has 10 heteroatoms. The lowest BCUT2D eigenvalue weighted by atomic mass is 9.91. The number of carbonyl (C=O) groups is 2. The number of hydrogen-bond acceptors (Lipinski definition) is 6. The first-order valence-corrected chi connectivity index (χ1v) is 15.4. The van der Waals surface area contributed by atoms with Crippen molar-refractivity contribution < 1.29 is 19.1 Å². The smallest absolute Gasteiger partial charge is 0.408 e. The lowest BCUT2D eigenvalue weighted by Crippen LogP contribution is -2.52. The van der Waals surface area contributed by atoms with Gasteiger partial charge in [0.2, 0.25) is 5.91 Å². The van der Waals surface area contributed by atoms with Crippen molar-refractivity contribution in [2.75, 3.05) is 33.8 Å². The summed E-state index contributed by atoms with van der Waals surface area (Å²) in [6, 6.07) is 8.58. The Labute approximate surface area is 253 Å². The highest BCUT2D eigenvalue weighted by atomic mass is 35.5. The van der Waals surface area contributed by atoms with E-state index in [2.05, 4.69) is 36.2 Å². The molecular formula is C31H42Cl2N4O4. The molecule has 2 amide bonds. The zero-order valence-electron chi connectivity index (χ0n) is 24.3. The molecule has 1 aromatic carbocycles. The number of hydrogen-bond donors (Lipinski definition) is 1. The predicted octanol–water partition coefficient (Wildman–Crippen LogP) is 6.09. The van der Waals surface area contributed by atoms with Gasteiger partial charge in [0.05, 0.1) is 5.69 Å². The van der Waals surface area contributed by atoms with Gasteiger partial charge in [-0.2, -0.15) is 0 Å². The van der Waals surface area contributed by atoms with E-state index >= 15 is 0 Å². The number of halogens is 2. The Hall–Kier alpha value is -2.55. The topological polar surface area (TPSA) is 84.0 Å². The van der Waals surface area contributed by atoms with Gasteiger partial charge in [-0.1, -0.05) is 36.2 Å². The average Bonchev–Trinajstić information content (AvgIpc) is 3.47. The van der Waals surface area contributed by atoms with Crippen LogP contribution in [-0.4, -0.2) is 78.8 Å². The number of pyridine rings is 1. The minimum Gasteiger partial charge on any atom is -0.490 e. The number of nitrogens with one attached hydrogen (secondary N) is 1. The summed E-state index contributed by atoms with van der Waals surface area (Å²) in [7, 11) is 4.12. The number of alkyl carbamates (subject to hydrolysis) is 1. The minimum atomic E-state index is -0.801. The molecule has 2 fully saturated rings. The van der Waals surface area contributed by atoms with Crippen LogP contribution in [0.1, 0.15) is 69.0 Å². The van der Waals surface area contributed by atoms with E-state index in [0.29, 0.717) is 35.8 Å². The maximum atomic E-state index is 13.8. The van der Waals surface area contributed by atoms with Gasteiger partial charge in [-0.05, 0) is 88.9 Å². The molecule has 1 unspecified atom stereocenters. The Morgan fingerprint density at radius 2 is 1.85 bits per heavy atom. The third-order valence-electron chi connectivity index (χ3n) is 8.23. The van der Waals surface area contributed by atoms with E-state index in [9.17, 15) is 9.59 Å². The molecule has 2 atom stereocenters. The number of aromatic nitrogens is 1. The summed E-state index contributed by atoms with van der Waals surface area (Å²) in [5.74, 6) is 0.843. The molecule has 41 heavy (non-hydrogen) atoms. The largest absolute Gasteiger partial charge is 0.490 e. The Morgan fingerprint density at radius 1 is 1.12 bits per heavy atom. The van der Waals surface area contributed by atoms with Gasteiger partial charge in [-0.25, -0.2) is 4.79 Å². The Balaban J connectivity index is 1.41. The van der Waals surface area contributed by atoms with E-state index in [0.717, 1.165) is 62.0 Å². The lowest BCUT2D eigenvalue weighted by molar-refractivity contribution is -0.134. The van der Waals surface area contributed by atoms with Crippen LogP contribution in [0.4, 0.5) is 4.79 Å². The van der Waals surface area contributed by atoms with Gasteiger partial charge in [0, 0.05) is 47.7 Å². The van der Waals surface area contributed by atoms with Crippen LogP contribution in [0.2, 0.25) is 10.0 Å². The number of nitrogens with zero attached hydrogens (tertiary/aromatic N) is 3. The summed E-state index contributed by atoms with van der Waals surface area (Å²) in [6.07, 6.45) is 7.71. The van der Waals surface area contributed by atoms with Gasteiger partial charge in [-0.3, -0.25) is 9.78 Å². The van der Waals surface area contributed by atoms with Crippen LogP contribution in [-0.2, 0) is 16.0 Å². The summed E-state index contributed by atoms with van der Waals surface area (Å²) in [5, 5.41) is 3.82. The van der Waals surface area contributed by atoms with Crippen LogP contribution in [0.25, 0.3) is 0 Å². The molecule has 1 aromatic heterocycles. The molecule has 0 bridgehead atoms. The number of carbonyl (C=O) groups excluding carboxylic acids is 2. The third kappa shape index (κ3) is 8.72. The van der Waals surface area contributed by atoms with E-state index in [1.54, 1.807) is 24.4 Å². The molecule has 2 aliphatic rings. The molecule has 1 aliphatic carbocycles. The fraction of sp³-hybridized carbons (Fsp3) is 0.581. The SMILES string of the molecule is CC[C@H](COc1cccnc1C1CCN(C(=O)C(Cc2ccc(Cl)cc2Cl)NC(=O)OC2CCCC2)CC1)N(C)C. The highest BCUT2D eigenvalue weighted by Gasteiger charge is 2.33. The van der Waals surface area contributed by atoms with Crippen LogP contribution in [0, 0.1) is 0 Å². The number of likely N-dealkylation sites (tertiary alicyclic amines) is 1. The average molecular weight is 606 g/mol. The fourth-order valence-electron chi connectivity index (χ4n) is 5.68. The van der Waals surface area contributed by atoms with Crippen LogP contribution in [0.15, 0.2) is 36.5 Å². The second-order valence-corrected chi connectivity index (χ2v) is 12.1. The van der Waals surface area contributed by atoms with Crippen molar-refractivity contribution in [3.63, 3.8) is 0 Å². The number of benzene rings is 1. The van der Waals surface area contributed by atoms with Gasteiger partial charge >= 0.3 is 6.09 Å². The monoisotopic (exact) mass is 604 g/mol. The summed E-state index contributed by atoms with van der Waals surface area (Å²) < 4.78 is 11.9. The Bertz CT molecular complexity index is 1170. The molecule has 0 spiro atoms. The quantitative estimate of drug-likeness (QED) is 0.334. The fourth-order valence-corrected chi connectivity index (χ4v) is 6.17. The van der Waals surface area contributed by atoms with E-state index in [1.807, 2.05) is 17.0 Å². The van der Waals surface area contributed by atoms with E-state index in [-0.39, 0.29) is 24.3 Å². The summed E-state index contributed by atoms with van der Waals surface area (Å²) in [6.45, 7) is 3.86. The predicted molar refractivity (Wildman–Crippen MR) is 162 cm³/mol. The van der Waals surface area contributed by atoms with Crippen molar-refractivity contribution in [2.24, 2.45) is 0 Å². The minimum absolute atomic E-state index is 0.0965. The maximum Gasteiger partial charge on any atom is 0.408 e. The number of ether oxygens (including phenoxy) is 2. The van der Waals surface area contributed by atoms with E-state index < -0.39 is 12.1 Å². The Kier molecular flexibility index (Phi) is 11.5. The molecule has 1 aliphatic heterocycles. The van der Waals surface area contributed by atoms with Crippen molar-refractivity contribution in [1.82, 2.24) is 20.1 Å². The van der Waals surface area contributed by atoms with Crippen LogP contribution in [0.3, 0.4) is 0 Å². The standard InChI is InChI=1S/C31H42Cl2N4O4/c1-4-24(36(2)3)20-40-28-10-7-15-34-29(28)21-13-16-37(17-14-21)30(38)27(18-22-11-12-23(32)19-26(22)33)35-31(39)41-25-8-5-6-9-25/h7,10-12,15,19,21,24-25,27H,4-6,8-9,13-14,16-18,20H2,1-3H3,(H,35,39)/t24-,27?/m1/s1. The molecule has 4 rings (SSSR count). The van der Waals surface area contributed by atoms with Crippen LogP contribution < -0.4 is 10.1 Å². The maximum absolute atomic E-state index is 13.8. The zero-order valence-corrected chi connectivity index (χ0v) is 25.8. The summed E-state index contributed by atoms with van der Waals surface area (Å²) >= 11 is 12.5. The highest BCUT2D eigenvalue weighted by Crippen LogP contribution is 2.33. The molecule has 1 saturated carbocycles. The van der Waals surface area contributed by atoms with Gasteiger partial charge in [0.15, 0.2) is 0 Å². The lowest BCUT2D eigenvalue weighted by Gasteiger charge is -2.35. The number of amides is 2. The van der Waals surface area contributed by atoms with E-state index in [4.69, 9.17) is 32.7 Å². The third-order valence-corrected chi connectivity index (χ3v) is 8.82. The normalized spacial score (nSPS) is 17.9. The zero-order chi connectivity index (χ0) is 29.4. The number of piperidine rings is 1. The second-order valence-electron chi connectivity index (χ2n) is 11.3. The number of rotatable bonds is 11. The van der Waals surface area contributed by atoms with Crippen molar-refractivity contribution >= 4 is 35.2 Å².